The van der Waals surface area contributed by atoms with Gasteiger partial charge in [-0.1, -0.05) is 11.6 Å². The van der Waals surface area contributed by atoms with Gasteiger partial charge in [-0.3, -0.25) is 0 Å². The van der Waals surface area contributed by atoms with Crippen molar-refractivity contribution in [1.29, 1.82) is 0 Å². The molecule has 0 aromatic heterocycles. The topological polar surface area (TPSA) is 64.7 Å². The quantitative estimate of drug-likeness (QED) is 0.775. The number of halogens is 1. The van der Waals surface area contributed by atoms with E-state index in [2.05, 4.69) is 0 Å². The van der Waals surface area contributed by atoms with Crippen molar-refractivity contribution in [2.75, 3.05) is 13.4 Å². The number of hydrogen-bond acceptors (Lipinski definition) is 4. The zero-order valence-corrected chi connectivity index (χ0v) is 8.12. The van der Waals surface area contributed by atoms with Gasteiger partial charge >= 0.3 is 0 Å². The van der Waals surface area contributed by atoms with Gasteiger partial charge in [0, 0.05) is 11.1 Å². The highest BCUT2D eigenvalue weighted by atomic mass is 35.5. The predicted octanol–water partition coefficient (Wildman–Crippen LogP) is 1.06. The molecule has 14 heavy (non-hydrogen) atoms. The lowest BCUT2D eigenvalue weighted by atomic mass is 10.1. The van der Waals surface area contributed by atoms with Gasteiger partial charge in [0.1, 0.15) is 0 Å². The smallest absolute Gasteiger partial charge is 0.231 e. The van der Waals surface area contributed by atoms with Crippen LogP contribution in [0.1, 0.15) is 11.6 Å². The minimum atomic E-state index is -0.489. The van der Waals surface area contributed by atoms with Crippen LogP contribution in [0.15, 0.2) is 12.1 Å². The highest BCUT2D eigenvalue weighted by molar-refractivity contribution is 6.31. The van der Waals surface area contributed by atoms with Gasteiger partial charge in [-0.05, 0) is 11.6 Å². The van der Waals surface area contributed by atoms with Gasteiger partial charge in [-0.15, -0.1) is 0 Å². The minimum Gasteiger partial charge on any atom is -0.454 e. The number of aliphatic hydroxyl groups excluding tert-OH is 1. The van der Waals surface area contributed by atoms with Crippen LogP contribution in [0.5, 0.6) is 11.5 Å². The zero-order valence-electron chi connectivity index (χ0n) is 7.37. The Hall–Kier alpha value is -0.970. The molecular weight excluding hydrogens is 206 g/mol. The van der Waals surface area contributed by atoms with E-state index in [4.69, 9.17) is 31.9 Å². The van der Waals surface area contributed by atoms with E-state index in [0.717, 1.165) is 0 Å². The number of aliphatic hydroxyl groups is 1. The number of rotatable bonds is 2. The summed E-state index contributed by atoms with van der Waals surface area (Å²) in [6.07, 6.45) is 0. The van der Waals surface area contributed by atoms with Crippen LogP contribution in [0, 0.1) is 0 Å². The molecule has 1 aliphatic heterocycles. The molecule has 3 N–H and O–H groups in total. The van der Waals surface area contributed by atoms with Gasteiger partial charge in [-0.25, -0.2) is 0 Å². The van der Waals surface area contributed by atoms with Crippen molar-refractivity contribution in [2.45, 2.75) is 6.04 Å². The summed E-state index contributed by atoms with van der Waals surface area (Å²) in [6.45, 7) is 0.0445. The lowest BCUT2D eigenvalue weighted by Crippen LogP contribution is -2.14. The fourth-order valence-corrected chi connectivity index (χ4v) is 1.61. The van der Waals surface area contributed by atoms with Gasteiger partial charge in [0.25, 0.3) is 0 Å². The fourth-order valence-electron chi connectivity index (χ4n) is 1.32. The Morgan fingerprint density at radius 1 is 1.43 bits per heavy atom. The maximum Gasteiger partial charge on any atom is 0.231 e. The molecule has 2 rings (SSSR count). The molecular formula is C9H10ClNO3. The summed E-state index contributed by atoms with van der Waals surface area (Å²) in [5.41, 5.74) is 6.32. The average Bonchev–Trinajstić information content (AvgIpc) is 2.62. The molecule has 4 nitrogen and oxygen atoms in total. The highest BCUT2D eigenvalue weighted by Gasteiger charge is 2.19. The van der Waals surface area contributed by atoms with Gasteiger partial charge in [0.15, 0.2) is 11.5 Å². The Morgan fingerprint density at radius 3 is 2.71 bits per heavy atom. The van der Waals surface area contributed by atoms with E-state index in [1.54, 1.807) is 12.1 Å². The Labute approximate surface area is 86.2 Å². The summed E-state index contributed by atoms with van der Waals surface area (Å²) in [5.74, 6) is 1.23. The molecule has 0 saturated heterocycles. The first kappa shape index (κ1) is 9.58. The van der Waals surface area contributed by atoms with Crippen LogP contribution in [-0.2, 0) is 0 Å². The molecule has 0 saturated carbocycles. The molecule has 5 heteroatoms. The molecule has 0 unspecified atom stereocenters. The molecule has 0 aliphatic carbocycles. The third kappa shape index (κ3) is 1.52. The first-order chi connectivity index (χ1) is 6.72. The van der Waals surface area contributed by atoms with Gasteiger partial charge in [0.05, 0.1) is 12.6 Å². The maximum atomic E-state index is 8.91. The standard InChI is InChI=1S/C9H10ClNO3/c10-6-2-9-8(13-4-14-9)1-5(6)7(11)3-12/h1-2,7,12H,3-4,11H2/t7-/m1/s1. The molecule has 1 atom stereocenters. The fraction of sp³-hybridized carbons (Fsp3) is 0.333. The van der Waals surface area contributed by atoms with Crippen LogP contribution in [0.3, 0.4) is 0 Å². The summed E-state index contributed by atoms with van der Waals surface area (Å²) in [7, 11) is 0. The molecule has 0 spiro atoms. The second-order valence-electron chi connectivity index (χ2n) is 3.02. The molecule has 0 amide bonds. The minimum absolute atomic E-state index is 0.153. The monoisotopic (exact) mass is 215 g/mol. The van der Waals surface area contributed by atoms with Crippen molar-refractivity contribution < 1.29 is 14.6 Å². The van der Waals surface area contributed by atoms with Gasteiger partial charge in [-0.2, -0.15) is 0 Å². The van der Waals surface area contributed by atoms with Crippen molar-refractivity contribution in [3.63, 3.8) is 0 Å². The molecule has 76 valence electrons. The van der Waals surface area contributed by atoms with Crippen molar-refractivity contribution in [1.82, 2.24) is 0 Å². The summed E-state index contributed by atoms with van der Waals surface area (Å²) in [6, 6.07) is 2.86. The van der Waals surface area contributed by atoms with E-state index in [1.165, 1.54) is 0 Å². The molecule has 0 radical (unpaired) electrons. The van der Waals surface area contributed by atoms with E-state index >= 15 is 0 Å². The number of nitrogens with two attached hydrogens (primary N) is 1. The van der Waals surface area contributed by atoms with Crippen LogP contribution in [0.2, 0.25) is 5.02 Å². The third-order valence-electron chi connectivity index (χ3n) is 2.09. The SMILES string of the molecule is N[C@H](CO)c1cc2c(cc1Cl)OCO2. The highest BCUT2D eigenvalue weighted by Crippen LogP contribution is 2.38. The Kier molecular flexibility index (Phi) is 2.50. The van der Waals surface area contributed by atoms with Crippen LogP contribution in [0.4, 0.5) is 0 Å². The third-order valence-corrected chi connectivity index (χ3v) is 2.42. The van der Waals surface area contributed by atoms with Crippen LogP contribution < -0.4 is 15.2 Å². The van der Waals surface area contributed by atoms with Gasteiger partial charge < -0.3 is 20.3 Å². The molecule has 1 aliphatic rings. The van der Waals surface area contributed by atoms with Crippen molar-refractivity contribution in [3.05, 3.63) is 22.7 Å². The van der Waals surface area contributed by atoms with Crippen molar-refractivity contribution >= 4 is 11.6 Å². The lowest BCUT2D eigenvalue weighted by Gasteiger charge is -2.11. The van der Waals surface area contributed by atoms with Crippen molar-refractivity contribution in [3.8, 4) is 11.5 Å². The molecule has 0 bridgehead atoms. The Morgan fingerprint density at radius 2 is 2.07 bits per heavy atom. The summed E-state index contributed by atoms with van der Waals surface area (Å²) in [5, 5.41) is 9.39. The first-order valence-electron chi connectivity index (χ1n) is 4.18. The van der Waals surface area contributed by atoms with Gasteiger partial charge in [0.2, 0.25) is 6.79 Å². The Bertz CT molecular complexity index is 356. The van der Waals surface area contributed by atoms with E-state index in [0.29, 0.717) is 22.1 Å². The van der Waals surface area contributed by atoms with E-state index in [9.17, 15) is 0 Å². The number of benzene rings is 1. The second-order valence-corrected chi connectivity index (χ2v) is 3.42. The normalized spacial score (nSPS) is 15.6. The molecule has 1 aromatic rings. The van der Waals surface area contributed by atoms with E-state index in [1.807, 2.05) is 0 Å². The molecule has 1 aromatic carbocycles. The maximum absolute atomic E-state index is 8.91. The summed E-state index contributed by atoms with van der Waals surface area (Å²) >= 11 is 5.95. The molecule has 1 heterocycles. The van der Waals surface area contributed by atoms with Crippen LogP contribution >= 0.6 is 11.6 Å². The largest absolute Gasteiger partial charge is 0.454 e. The number of fused-ring (bicyclic) bond motifs is 1. The zero-order chi connectivity index (χ0) is 10.1. The second kappa shape index (κ2) is 3.65. The molecule has 0 fully saturated rings. The first-order valence-corrected chi connectivity index (χ1v) is 4.55. The average molecular weight is 216 g/mol. The predicted molar refractivity (Wildman–Crippen MR) is 51.6 cm³/mol. The number of hydrogen-bond donors (Lipinski definition) is 2. The van der Waals surface area contributed by atoms with Crippen LogP contribution in [0.25, 0.3) is 0 Å². The lowest BCUT2D eigenvalue weighted by molar-refractivity contribution is 0.174. The van der Waals surface area contributed by atoms with E-state index in [-0.39, 0.29) is 13.4 Å². The number of ether oxygens (including phenoxy) is 2. The summed E-state index contributed by atoms with van der Waals surface area (Å²) < 4.78 is 10.3. The summed E-state index contributed by atoms with van der Waals surface area (Å²) in [4.78, 5) is 0. The Balaban J connectivity index is 2.42. The van der Waals surface area contributed by atoms with Crippen LogP contribution in [-0.4, -0.2) is 18.5 Å². The van der Waals surface area contributed by atoms with E-state index < -0.39 is 6.04 Å². The van der Waals surface area contributed by atoms with Crippen molar-refractivity contribution in [2.24, 2.45) is 5.73 Å².